The van der Waals surface area contributed by atoms with Crippen LogP contribution in [0.15, 0.2) is 48.6 Å². The molecule has 10 heteroatoms. The summed E-state index contributed by atoms with van der Waals surface area (Å²) in [5, 5.41) is 3.07. The molecule has 0 saturated carbocycles. The SMILES string of the molecule is CCCCC/C=C\C/C=C\CCCCCCCCCCCCCC(=O)NC(COP(=O)(O)OCC[N+](C)(C)C)C(/C=C/CCCCCCCCCCC)OC(=O)CCCCCCCCCCCCCCCCC/C=C/CCCCCCCC. The molecule has 0 aliphatic rings. The fourth-order valence-electron chi connectivity index (χ4n) is 10.7. The largest absolute Gasteiger partial charge is 0.472 e. The van der Waals surface area contributed by atoms with Crippen LogP contribution >= 0.6 is 7.82 Å². The zero-order chi connectivity index (χ0) is 60.7. The van der Waals surface area contributed by atoms with Crippen LogP contribution in [0.3, 0.4) is 0 Å². The second kappa shape index (κ2) is 63.0. The van der Waals surface area contributed by atoms with Crippen LogP contribution in [0.5, 0.6) is 0 Å². The maximum absolute atomic E-state index is 13.6. The summed E-state index contributed by atoms with van der Waals surface area (Å²) >= 11 is 0. The van der Waals surface area contributed by atoms with E-state index in [-0.39, 0.29) is 25.1 Å². The number of phosphoric acid groups is 1. The number of hydrogen-bond acceptors (Lipinski definition) is 6. The predicted octanol–water partition coefficient (Wildman–Crippen LogP) is 22.8. The van der Waals surface area contributed by atoms with Gasteiger partial charge in [-0.2, -0.15) is 0 Å². The molecule has 0 aliphatic heterocycles. The molecule has 0 fully saturated rings. The molecule has 0 aromatic carbocycles. The molecular formula is C73H140N2O7P+. The smallest absolute Gasteiger partial charge is 0.456 e. The number of rotatable bonds is 66. The number of hydrogen-bond donors (Lipinski definition) is 2. The highest BCUT2D eigenvalue weighted by Crippen LogP contribution is 2.43. The van der Waals surface area contributed by atoms with Crippen molar-refractivity contribution >= 4 is 19.7 Å². The molecule has 0 radical (unpaired) electrons. The van der Waals surface area contributed by atoms with Gasteiger partial charge < -0.3 is 19.4 Å². The molecular weight excluding hydrogens is 1050 g/mol. The standard InChI is InChI=1S/C73H139N2O7P/c1-7-10-13-16-19-22-25-27-29-31-33-35-36-37-38-40-42-44-46-48-51-54-57-60-63-66-73(77)82-71(64-61-58-55-52-49-24-21-18-15-12-9-3)70(69-81-83(78,79)80-68-67-75(4,5)6)74-72(76)65-62-59-56-53-50-47-45-43-41-39-34-32-30-28-26-23-20-17-14-11-8-2/h20,23,27-30,61,64,70-71H,7-19,21-22,24-26,31-60,62-63,65-69H2,1-6H3,(H-,74,76,78,79)/p+1/b23-20-,29-27+,30-28-,64-61+. The third-order valence-corrected chi connectivity index (χ3v) is 17.2. The van der Waals surface area contributed by atoms with Gasteiger partial charge in [-0.15, -0.1) is 0 Å². The van der Waals surface area contributed by atoms with Crippen LogP contribution in [0.1, 0.15) is 355 Å². The number of likely N-dealkylation sites (N-methyl/N-ethyl adjacent to an activating group) is 1. The first-order chi connectivity index (χ1) is 40.4. The number of esters is 1. The number of quaternary nitrogens is 1. The number of amides is 1. The monoisotopic (exact) mass is 1190 g/mol. The number of phosphoric ester groups is 1. The Balaban J connectivity index is 4.98. The molecule has 83 heavy (non-hydrogen) atoms. The molecule has 3 atom stereocenters. The van der Waals surface area contributed by atoms with Crippen LogP contribution in [0, 0.1) is 0 Å². The number of nitrogens with one attached hydrogen (secondary N) is 1. The molecule has 0 aromatic rings. The van der Waals surface area contributed by atoms with Gasteiger partial charge in [-0.05, 0) is 89.5 Å². The highest BCUT2D eigenvalue weighted by molar-refractivity contribution is 7.47. The van der Waals surface area contributed by atoms with Crippen molar-refractivity contribution in [1.82, 2.24) is 5.32 Å². The van der Waals surface area contributed by atoms with E-state index in [4.69, 9.17) is 13.8 Å². The molecule has 1 amide bonds. The number of carbonyl (C=O) groups is 2. The van der Waals surface area contributed by atoms with Gasteiger partial charge in [0.1, 0.15) is 19.3 Å². The molecule has 2 N–H and O–H groups in total. The Morgan fingerprint density at radius 2 is 0.735 bits per heavy atom. The Kier molecular flexibility index (Phi) is 61.5. The Morgan fingerprint density at radius 3 is 1.12 bits per heavy atom. The molecule has 0 aliphatic carbocycles. The Labute approximate surface area is 516 Å². The molecule has 9 nitrogen and oxygen atoms in total. The number of allylic oxidation sites excluding steroid dienone is 7. The fraction of sp³-hybridized carbons (Fsp3) is 0.863. The van der Waals surface area contributed by atoms with Crippen LogP contribution in [-0.2, 0) is 27.9 Å². The van der Waals surface area contributed by atoms with Gasteiger partial charge in [-0.25, -0.2) is 4.57 Å². The van der Waals surface area contributed by atoms with Gasteiger partial charge in [0.25, 0.3) is 0 Å². The Hall–Kier alpha value is -2.03. The van der Waals surface area contributed by atoms with Crippen LogP contribution in [-0.4, -0.2) is 74.3 Å². The van der Waals surface area contributed by atoms with E-state index >= 15 is 0 Å². The van der Waals surface area contributed by atoms with E-state index in [9.17, 15) is 19.0 Å². The zero-order valence-corrected chi connectivity index (χ0v) is 56.8. The van der Waals surface area contributed by atoms with Gasteiger partial charge in [0, 0.05) is 12.8 Å². The highest BCUT2D eigenvalue weighted by atomic mass is 31.2. The number of carbonyl (C=O) groups excluding carboxylic acids is 2. The summed E-state index contributed by atoms with van der Waals surface area (Å²) in [5.74, 6) is -0.492. The molecule has 0 bridgehead atoms. The van der Waals surface area contributed by atoms with Gasteiger partial charge >= 0.3 is 13.8 Å². The van der Waals surface area contributed by atoms with Crippen molar-refractivity contribution in [2.24, 2.45) is 0 Å². The molecule has 0 aromatic heterocycles. The van der Waals surface area contributed by atoms with Crippen LogP contribution in [0.25, 0.3) is 0 Å². The molecule has 0 rings (SSSR count). The average Bonchev–Trinajstić information content (AvgIpc) is 3.51. The molecule has 3 unspecified atom stereocenters. The Bertz CT molecular complexity index is 1560. The van der Waals surface area contributed by atoms with Crippen LogP contribution < -0.4 is 5.32 Å². The van der Waals surface area contributed by atoms with E-state index in [1.54, 1.807) is 0 Å². The fourth-order valence-corrected chi connectivity index (χ4v) is 11.4. The zero-order valence-electron chi connectivity index (χ0n) is 56.0. The normalized spacial score (nSPS) is 13.8. The third-order valence-electron chi connectivity index (χ3n) is 16.2. The third kappa shape index (κ3) is 64.3. The summed E-state index contributed by atoms with van der Waals surface area (Å²) in [4.78, 5) is 37.9. The minimum Gasteiger partial charge on any atom is -0.456 e. The molecule has 0 saturated heterocycles. The highest BCUT2D eigenvalue weighted by Gasteiger charge is 2.30. The first-order valence-electron chi connectivity index (χ1n) is 36.0. The van der Waals surface area contributed by atoms with Crippen LogP contribution in [0.2, 0.25) is 0 Å². The molecule has 0 spiro atoms. The molecule has 0 heterocycles. The van der Waals surface area contributed by atoms with Gasteiger partial charge in [-0.3, -0.25) is 18.6 Å². The first kappa shape index (κ1) is 81.0. The summed E-state index contributed by atoms with van der Waals surface area (Å²) < 4.78 is 30.8. The maximum atomic E-state index is 13.6. The van der Waals surface area contributed by atoms with Crippen molar-refractivity contribution in [3.63, 3.8) is 0 Å². The van der Waals surface area contributed by atoms with E-state index in [1.807, 2.05) is 33.3 Å². The van der Waals surface area contributed by atoms with Gasteiger partial charge in [-0.1, -0.05) is 301 Å². The number of ether oxygens (including phenoxy) is 1. The molecule has 488 valence electrons. The second-order valence-electron chi connectivity index (χ2n) is 25.8. The lowest BCUT2D eigenvalue weighted by atomic mass is 10.0. The van der Waals surface area contributed by atoms with Crippen molar-refractivity contribution in [2.75, 3.05) is 40.9 Å². The maximum Gasteiger partial charge on any atom is 0.472 e. The van der Waals surface area contributed by atoms with Crippen molar-refractivity contribution in [3.05, 3.63) is 48.6 Å². The van der Waals surface area contributed by atoms with Crippen molar-refractivity contribution in [3.8, 4) is 0 Å². The summed E-state index contributed by atoms with van der Waals surface area (Å²) in [6.07, 6.45) is 79.8. The van der Waals surface area contributed by atoms with E-state index in [2.05, 4.69) is 62.5 Å². The van der Waals surface area contributed by atoms with Gasteiger partial charge in [0.05, 0.1) is 33.8 Å². The van der Waals surface area contributed by atoms with E-state index in [1.165, 1.54) is 257 Å². The minimum atomic E-state index is -4.45. The van der Waals surface area contributed by atoms with Crippen LogP contribution in [0.4, 0.5) is 0 Å². The summed E-state index contributed by atoms with van der Waals surface area (Å²) in [5.41, 5.74) is 0. The topological polar surface area (TPSA) is 111 Å². The van der Waals surface area contributed by atoms with E-state index < -0.39 is 20.0 Å². The minimum absolute atomic E-state index is 0.0412. The van der Waals surface area contributed by atoms with Crippen molar-refractivity contribution in [1.29, 1.82) is 0 Å². The summed E-state index contributed by atoms with van der Waals surface area (Å²) in [6.45, 7) is 7.03. The predicted molar refractivity (Wildman–Crippen MR) is 360 cm³/mol. The lowest BCUT2D eigenvalue weighted by Gasteiger charge is -2.27. The second-order valence-corrected chi connectivity index (χ2v) is 27.2. The van der Waals surface area contributed by atoms with E-state index in [0.29, 0.717) is 23.9 Å². The summed E-state index contributed by atoms with van der Waals surface area (Å²) in [6, 6.07) is -0.848. The summed E-state index contributed by atoms with van der Waals surface area (Å²) in [7, 11) is 1.51. The number of unbranched alkanes of at least 4 members (excludes halogenated alkanes) is 44. The Morgan fingerprint density at radius 1 is 0.422 bits per heavy atom. The number of nitrogens with zero attached hydrogens (tertiary/aromatic N) is 1. The van der Waals surface area contributed by atoms with E-state index in [0.717, 1.165) is 64.2 Å². The van der Waals surface area contributed by atoms with Gasteiger partial charge in [0.15, 0.2) is 0 Å². The van der Waals surface area contributed by atoms with Crippen molar-refractivity contribution in [2.45, 2.75) is 367 Å². The van der Waals surface area contributed by atoms with Gasteiger partial charge in [0.2, 0.25) is 5.91 Å². The lowest BCUT2D eigenvalue weighted by Crippen LogP contribution is -2.47. The lowest BCUT2D eigenvalue weighted by molar-refractivity contribution is -0.870. The average molecular weight is 1190 g/mol. The van der Waals surface area contributed by atoms with Crippen molar-refractivity contribution < 1.29 is 37.3 Å². The quantitative estimate of drug-likeness (QED) is 0.0205. The first-order valence-corrected chi connectivity index (χ1v) is 37.5.